The van der Waals surface area contributed by atoms with E-state index in [9.17, 15) is 9.32 Å². The summed E-state index contributed by atoms with van der Waals surface area (Å²) in [6.07, 6.45) is 3.75. The third kappa shape index (κ3) is 6.17. The van der Waals surface area contributed by atoms with Crippen LogP contribution >= 0.6 is 0 Å². The zero-order valence-electron chi connectivity index (χ0n) is 11.3. The fraction of sp³-hybridized carbons (Fsp3) is 0.571. The van der Waals surface area contributed by atoms with Gasteiger partial charge in [0.1, 0.15) is 5.75 Å². The van der Waals surface area contributed by atoms with Crippen LogP contribution in [0.4, 0.5) is 0 Å². The molecule has 2 N–H and O–H groups in total. The number of nitrogens with one attached hydrogen (secondary N) is 1. The predicted octanol–water partition coefficient (Wildman–Crippen LogP) is 2.07. The number of phenols is 1. The van der Waals surface area contributed by atoms with Crippen molar-refractivity contribution in [2.45, 2.75) is 38.8 Å². The van der Waals surface area contributed by atoms with E-state index in [2.05, 4.69) is 19.2 Å². The average molecular weight is 269 g/mol. The Morgan fingerprint density at radius 2 is 1.83 bits per heavy atom. The van der Waals surface area contributed by atoms with E-state index >= 15 is 0 Å². The molecule has 0 fully saturated rings. The molecular weight excluding hydrogens is 246 g/mol. The van der Waals surface area contributed by atoms with Gasteiger partial charge >= 0.3 is 0 Å². The minimum atomic E-state index is -0.745. The van der Waals surface area contributed by atoms with E-state index < -0.39 is 10.8 Å². The molecule has 102 valence electrons. The second kappa shape index (κ2) is 7.54. The lowest BCUT2D eigenvalue weighted by atomic mass is 10.1. The Morgan fingerprint density at radius 3 is 2.39 bits per heavy atom. The molecule has 4 heteroatoms. The van der Waals surface area contributed by atoms with Gasteiger partial charge in [0.05, 0.1) is 0 Å². The number of aryl methyl sites for hydroxylation is 1. The summed E-state index contributed by atoms with van der Waals surface area (Å²) >= 11 is 0. The summed E-state index contributed by atoms with van der Waals surface area (Å²) in [4.78, 5) is 0. The van der Waals surface area contributed by atoms with E-state index in [0.717, 1.165) is 12.8 Å². The van der Waals surface area contributed by atoms with Crippen molar-refractivity contribution in [3.8, 4) is 5.75 Å². The van der Waals surface area contributed by atoms with Gasteiger partial charge in [0, 0.05) is 34.9 Å². The third-order valence-electron chi connectivity index (χ3n) is 2.86. The normalized spacial score (nSPS) is 16.2. The van der Waals surface area contributed by atoms with E-state index in [1.165, 1.54) is 5.56 Å². The minimum absolute atomic E-state index is 0.283. The van der Waals surface area contributed by atoms with Crippen LogP contribution in [0.5, 0.6) is 5.75 Å². The maximum absolute atomic E-state index is 11.1. The molecule has 0 saturated heterocycles. The van der Waals surface area contributed by atoms with Gasteiger partial charge in [0.15, 0.2) is 0 Å². The fourth-order valence-corrected chi connectivity index (χ4v) is 2.82. The van der Waals surface area contributed by atoms with Gasteiger partial charge in [-0.15, -0.1) is 0 Å². The highest BCUT2D eigenvalue weighted by Crippen LogP contribution is 2.12. The zero-order valence-corrected chi connectivity index (χ0v) is 12.2. The van der Waals surface area contributed by atoms with Crippen LogP contribution in [0, 0.1) is 0 Å². The van der Waals surface area contributed by atoms with Crippen LogP contribution < -0.4 is 5.32 Å². The first kappa shape index (κ1) is 15.2. The molecule has 0 saturated carbocycles. The summed E-state index contributed by atoms with van der Waals surface area (Å²) in [5.41, 5.74) is 1.23. The standard InChI is InChI=1S/C14H23NO2S/c1-11(15-12(2)10-18(3)17)4-5-13-6-8-14(16)9-7-13/h6-9,11-12,15-16H,4-5,10H2,1-3H3. The van der Waals surface area contributed by atoms with Gasteiger partial charge in [-0.05, 0) is 44.4 Å². The van der Waals surface area contributed by atoms with Crippen LogP contribution in [0.15, 0.2) is 24.3 Å². The second-order valence-electron chi connectivity index (χ2n) is 4.91. The summed E-state index contributed by atoms with van der Waals surface area (Å²) < 4.78 is 11.1. The molecule has 18 heavy (non-hydrogen) atoms. The molecule has 0 amide bonds. The Hall–Kier alpha value is -0.870. The Kier molecular flexibility index (Phi) is 6.36. The highest BCUT2D eigenvalue weighted by molar-refractivity contribution is 7.84. The molecule has 3 nitrogen and oxygen atoms in total. The Bertz CT molecular complexity index is 378. The highest BCUT2D eigenvalue weighted by atomic mass is 32.2. The highest BCUT2D eigenvalue weighted by Gasteiger charge is 2.08. The quantitative estimate of drug-likeness (QED) is 0.796. The molecule has 3 atom stereocenters. The Labute approximate surface area is 112 Å². The zero-order chi connectivity index (χ0) is 13.5. The largest absolute Gasteiger partial charge is 0.508 e. The average Bonchev–Trinajstić information content (AvgIpc) is 2.27. The van der Waals surface area contributed by atoms with Crippen LogP contribution in [0.1, 0.15) is 25.8 Å². The molecular formula is C14H23NO2S. The molecule has 3 unspecified atom stereocenters. The first-order valence-electron chi connectivity index (χ1n) is 6.31. The van der Waals surface area contributed by atoms with Gasteiger partial charge in [0.25, 0.3) is 0 Å². The van der Waals surface area contributed by atoms with Gasteiger partial charge in [-0.3, -0.25) is 4.21 Å². The SMILES string of the molecule is CC(CCc1ccc(O)cc1)NC(C)CS(C)=O. The summed E-state index contributed by atoms with van der Waals surface area (Å²) in [5, 5.41) is 12.6. The summed E-state index contributed by atoms with van der Waals surface area (Å²) in [7, 11) is -0.745. The number of aromatic hydroxyl groups is 1. The fourth-order valence-electron chi connectivity index (χ4n) is 2.01. The Morgan fingerprint density at radius 1 is 1.22 bits per heavy atom. The van der Waals surface area contributed by atoms with Crippen molar-refractivity contribution in [3.63, 3.8) is 0 Å². The molecule has 0 bridgehead atoms. The first-order valence-corrected chi connectivity index (χ1v) is 8.04. The van der Waals surface area contributed by atoms with Crippen molar-refractivity contribution < 1.29 is 9.32 Å². The molecule has 0 aliphatic heterocycles. The summed E-state index contributed by atoms with van der Waals surface area (Å²) in [5.74, 6) is 1.01. The molecule has 0 radical (unpaired) electrons. The molecule has 0 spiro atoms. The lowest BCUT2D eigenvalue weighted by molar-refractivity contribution is 0.466. The number of benzene rings is 1. The van der Waals surface area contributed by atoms with Crippen molar-refractivity contribution in [2.24, 2.45) is 0 Å². The first-order chi connectivity index (χ1) is 8.47. The van der Waals surface area contributed by atoms with Gasteiger partial charge in [-0.1, -0.05) is 12.1 Å². The maximum atomic E-state index is 11.1. The smallest absolute Gasteiger partial charge is 0.115 e. The van der Waals surface area contributed by atoms with Gasteiger partial charge in [-0.2, -0.15) is 0 Å². The number of rotatable bonds is 7. The topological polar surface area (TPSA) is 49.3 Å². The predicted molar refractivity (Wildman–Crippen MR) is 77.4 cm³/mol. The van der Waals surface area contributed by atoms with Gasteiger partial charge < -0.3 is 10.4 Å². The summed E-state index contributed by atoms with van der Waals surface area (Å²) in [6.45, 7) is 4.22. The summed E-state index contributed by atoms with van der Waals surface area (Å²) in [6, 6.07) is 8.02. The van der Waals surface area contributed by atoms with Gasteiger partial charge in [-0.25, -0.2) is 0 Å². The molecule has 0 heterocycles. The van der Waals surface area contributed by atoms with E-state index in [1.54, 1.807) is 18.4 Å². The minimum Gasteiger partial charge on any atom is -0.508 e. The molecule has 0 aliphatic rings. The lowest BCUT2D eigenvalue weighted by Gasteiger charge is -2.19. The number of hydrogen-bond donors (Lipinski definition) is 2. The molecule has 1 rings (SSSR count). The Balaban J connectivity index is 2.30. The molecule has 0 aliphatic carbocycles. The number of phenolic OH excluding ortho intramolecular Hbond substituents is 1. The monoisotopic (exact) mass is 269 g/mol. The lowest BCUT2D eigenvalue weighted by Crippen LogP contribution is -2.38. The van der Waals surface area contributed by atoms with E-state index in [0.29, 0.717) is 17.5 Å². The van der Waals surface area contributed by atoms with Crippen LogP contribution in [0.25, 0.3) is 0 Å². The number of hydrogen-bond acceptors (Lipinski definition) is 3. The van der Waals surface area contributed by atoms with Crippen molar-refractivity contribution in [2.75, 3.05) is 12.0 Å². The molecule has 1 aromatic carbocycles. The van der Waals surface area contributed by atoms with Crippen molar-refractivity contribution >= 4 is 10.8 Å². The second-order valence-corrected chi connectivity index (χ2v) is 6.39. The maximum Gasteiger partial charge on any atom is 0.115 e. The molecule has 1 aromatic rings. The van der Waals surface area contributed by atoms with E-state index in [-0.39, 0.29) is 6.04 Å². The third-order valence-corrected chi connectivity index (χ3v) is 3.83. The van der Waals surface area contributed by atoms with Crippen molar-refractivity contribution in [3.05, 3.63) is 29.8 Å². The van der Waals surface area contributed by atoms with Crippen molar-refractivity contribution in [1.82, 2.24) is 5.32 Å². The van der Waals surface area contributed by atoms with E-state index in [1.807, 2.05) is 12.1 Å². The van der Waals surface area contributed by atoms with Crippen LogP contribution in [0.3, 0.4) is 0 Å². The van der Waals surface area contributed by atoms with Crippen molar-refractivity contribution in [1.29, 1.82) is 0 Å². The van der Waals surface area contributed by atoms with E-state index in [4.69, 9.17) is 0 Å². The van der Waals surface area contributed by atoms with Crippen LogP contribution in [-0.2, 0) is 17.2 Å². The van der Waals surface area contributed by atoms with Gasteiger partial charge in [0.2, 0.25) is 0 Å². The van der Waals surface area contributed by atoms with Crippen LogP contribution in [0.2, 0.25) is 0 Å². The molecule has 0 aromatic heterocycles. The van der Waals surface area contributed by atoms with Crippen LogP contribution in [-0.4, -0.2) is 33.4 Å².